The van der Waals surface area contributed by atoms with Crippen molar-refractivity contribution < 1.29 is 0 Å². The summed E-state index contributed by atoms with van der Waals surface area (Å²) in [6, 6.07) is 0.525. The summed E-state index contributed by atoms with van der Waals surface area (Å²) < 4.78 is 0. The highest BCUT2D eigenvalue weighted by atomic mass is 15.2. The van der Waals surface area contributed by atoms with Gasteiger partial charge in [-0.3, -0.25) is 0 Å². The molecule has 2 nitrogen and oxygen atoms in total. The Labute approximate surface area is 81.7 Å². The number of nitrogens with one attached hydrogen (secondary N) is 1. The van der Waals surface area contributed by atoms with Crippen LogP contribution in [0.2, 0.25) is 0 Å². The summed E-state index contributed by atoms with van der Waals surface area (Å²) in [6.45, 7) is 5.50. The van der Waals surface area contributed by atoms with Crippen LogP contribution in [0.5, 0.6) is 0 Å². The molecule has 74 valence electrons. The standard InChI is InChI=1S/C11H20N2/c1-4-10(5-2)11-9-12-7-6-8-13(11)3/h1,10-12H,5-9H2,2-3H3. The van der Waals surface area contributed by atoms with E-state index in [4.69, 9.17) is 6.42 Å². The van der Waals surface area contributed by atoms with Crippen molar-refractivity contribution in [3.05, 3.63) is 0 Å². The van der Waals surface area contributed by atoms with E-state index in [1.807, 2.05) is 0 Å². The van der Waals surface area contributed by atoms with Crippen molar-refractivity contribution in [2.24, 2.45) is 5.92 Å². The lowest BCUT2D eigenvalue weighted by molar-refractivity contribution is 0.212. The Hall–Kier alpha value is -0.520. The predicted molar refractivity (Wildman–Crippen MR) is 56.5 cm³/mol. The second-order valence-corrected chi connectivity index (χ2v) is 3.79. The smallest absolute Gasteiger partial charge is 0.0365 e. The zero-order valence-corrected chi connectivity index (χ0v) is 8.71. The Morgan fingerprint density at radius 1 is 1.69 bits per heavy atom. The van der Waals surface area contributed by atoms with E-state index in [2.05, 4.69) is 30.1 Å². The van der Waals surface area contributed by atoms with Crippen LogP contribution >= 0.6 is 0 Å². The molecule has 1 saturated heterocycles. The highest BCUT2D eigenvalue weighted by Crippen LogP contribution is 2.14. The number of hydrogen-bond donors (Lipinski definition) is 1. The molecule has 1 rings (SSSR count). The number of likely N-dealkylation sites (N-methyl/N-ethyl adjacent to an activating group) is 1. The predicted octanol–water partition coefficient (Wildman–Crippen LogP) is 0.940. The molecule has 1 heterocycles. The average molecular weight is 180 g/mol. The molecule has 2 atom stereocenters. The van der Waals surface area contributed by atoms with Crippen LogP contribution < -0.4 is 5.32 Å². The molecule has 0 saturated carbocycles. The van der Waals surface area contributed by atoms with Crippen LogP contribution in [0.15, 0.2) is 0 Å². The van der Waals surface area contributed by atoms with E-state index in [9.17, 15) is 0 Å². The van der Waals surface area contributed by atoms with Gasteiger partial charge in [-0.2, -0.15) is 0 Å². The summed E-state index contributed by atoms with van der Waals surface area (Å²) in [4.78, 5) is 2.40. The number of terminal acetylenes is 1. The van der Waals surface area contributed by atoms with Gasteiger partial charge >= 0.3 is 0 Å². The molecule has 1 N–H and O–H groups in total. The summed E-state index contributed by atoms with van der Waals surface area (Å²) in [5, 5.41) is 3.44. The fourth-order valence-electron chi connectivity index (χ4n) is 1.98. The van der Waals surface area contributed by atoms with Crippen LogP contribution in [0.25, 0.3) is 0 Å². The van der Waals surface area contributed by atoms with Gasteiger partial charge in [0.05, 0.1) is 0 Å². The molecule has 0 aromatic heterocycles. The second-order valence-electron chi connectivity index (χ2n) is 3.79. The summed E-state index contributed by atoms with van der Waals surface area (Å²) in [5.41, 5.74) is 0. The van der Waals surface area contributed by atoms with E-state index in [1.165, 1.54) is 6.42 Å². The molecule has 1 aliphatic heterocycles. The zero-order chi connectivity index (χ0) is 9.68. The summed E-state index contributed by atoms with van der Waals surface area (Å²) in [6.07, 6.45) is 7.83. The third-order valence-electron chi connectivity index (χ3n) is 2.90. The van der Waals surface area contributed by atoms with Gasteiger partial charge in [0, 0.05) is 18.5 Å². The lowest BCUT2D eigenvalue weighted by Gasteiger charge is -2.29. The van der Waals surface area contributed by atoms with Crippen LogP contribution in [0.4, 0.5) is 0 Å². The molecule has 0 aliphatic carbocycles. The van der Waals surface area contributed by atoms with Crippen molar-refractivity contribution >= 4 is 0 Å². The normalized spacial score (nSPS) is 27.6. The molecular formula is C11H20N2. The molecule has 0 aromatic rings. The van der Waals surface area contributed by atoms with Crippen molar-refractivity contribution in [1.29, 1.82) is 0 Å². The minimum atomic E-state index is 0.399. The lowest BCUT2D eigenvalue weighted by Crippen LogP contribution is -2.42. The van der Waals surface area contributed by atoms with Crippen LogP contribution in [0.1, 0.15) is 19.8 Å². The maximum Gasteiger partial charge on any atom is 0.0365 e. The summed E-state index contributed by atoms with van der Waals surface area (Å²) >= 11 is 0. The first kappa shape index (κ1) is 10.6. The largest absolute Gasteiger partial charge is 0.315 e. The van der Waals surface area contributed by atoms with Gasteiger partial charge in [-0.05, 0) is 33.0 Å². The summed E-state index contributed by atoms with van der Waals surface area (Å²) in [5.74, 6) is 3.30. The van der Waals surface area contributed by atoms with Gasteiger partial charge in [0.1, 0.15) is 0 Å². The van der Waals surface area contributed by atoms with E-state index in [0.29, 0.717) is 12.0 Å². The van der Waals surface area contributed by atoms with Crippen molar-refractivity contribution in [1.82, 2.24) is 10.2 Å². The zero-order valence-electron chi connectivity index (χ0n) is 8.71. The fraction of sp³-hybridized carbons (Fsp3) is 0.818. The van der Waals surface area contributed by atoms with Crippen LogP contribution in [-0.2, 0) is 0 Å². The monoisotopic (exact) mass is 180 g/mol. The van der Waals surface area contributed by atoms with Crippen LogP contribution in [-0.4, -0.2) is 37.6 Å². The molecule has 0 amide bonds. The van der Waals surface area contributed by atoms with Crippen molar-refractivity contribution in [3.8, 4) is 12.3 Å². The molecule has 0 radical (unpaired) electrons. The Kier molecular flexibility index (Phi) is 4.27. The topological polar surface area (TPSA) is 15.3 Å². The van der Waals surface area contributed by atoms with Gasteiger partial charge in [0.2, 0.25) is 0 Å². The SMILES string of the molecule is C#CC(CC)C1CNCCCN1C. The Balaban J connectivity index is 2.58. The molecule has 0 spiro atoms. The van der Waals surface area contributed by atoms with Gasteiger partial charge < -0.3 is 10.2 Å². The quantitative estimate of drug-likeness (QED) is 0.636. The molecule has 2 unspecified atom stereocenters. The van der Waals surface area contributed by atoms with Crippen molar-refractivity contribution in [2.75, 3.05) is 26.7 Å². The molecule has 0 aromatic carbocycles. The highest BCUT2D eigenvalue weighted by molar-refractivity contribution is 5.00. The summed E-state index contributed by atoms with van der Waals surface area (Å²) in [7, 11) is 2.18. The van der Waals surface area contributed by atoms with Crippen molar-refractivity contribution in [2.45, 2.75) is 25.8 Å². The first-order valence-electron chi connectivity index (χ1n) is 5.16. The number of nitrogens with zero attached hydrogens (tertiary/aromatic N) is 1. The molecule has 1 aliphatic rings. The molecule has 2 heteroatoms. The van der Waals surface area contributed by atoms with E-state index >= 15 is 0 Å². The van der Waals surface area contributed by atoms with E-state index in [0.717, 1.165) is 26.1 Å². The Morgan fingerprint density at radius 3 is 3.08 bits per heavy atom. The molecule has 0 bridgehead atoms. The van der Waals surface area contributed by atoms with Crippen molar-refractivity contribution in [3.63, 3.8) is 0 Å². The molecule has 1 fully saturated rings. The Bertz CT molecular complexity index is 183. The first-order chi connectivity index (χ1) is 6.29. The van der Waals surface area contributed by atoms with E-state index in [-0.39, 0.29) is 0 Å². The first-order valence-corrected chi connectivity index (χ1v) is 5.16. The van der Waals surface area contributed by atoms with Gasteiger partial charge in [-0.25, -0.2) is 0 Å². The Morgan fingerprint density at radius 2 is 2.46 bits per heavy atom. The minimum Gasteiger partial charge on any atom is -0.315 e. The third kappa shape index (κ3) is 2.72. The van der Waals surface area contributed by atoms with Gasteiger partial charge in [-0.1, -0.05) is 6.92 Å². The molecule has 13 heavy (non-hydrogen) atoms. The minimum absolute atomic E-state index is 0.399. The van der Waals surface area contributed by atoms with E-state index in [1.54, 1.807) is 0 Å². The maximum atomic E-state index is 5.52. The average Bonchev–Trinajstić information content (AvgIpc) is 2.34. The number of hydrogen-bond acceptors (Lipinski definition) is 2. The van der Waals surface area contributed by atoms with E-state index < -0.39 is 0 Å². The maximum absolute atomic E-state index is 5.52. The second kappa shape index (κ2) is 5.26. The highest BCUT2D eigenvalue weighted by Gasteiger charge is 2.23. The lowest BCUT2D eigenvalue weighted by atomic mass is 9.97. The van der Waals surface area contributed by atoms with Gasteiger partial charge in [-0.15, -0.1) is 12.3 Å². The van der Waals surface area contributed by atoms with Crippen LogP contribution in [0.3, 0.4) is 0 Å². The molecular weight excluding hydrogens is 160 g/mol. The van der Waals surface area contributed by atoms with Gasteiger partial charge in [0.25, 0.3) is 0 Å². The van der Waals surface area contributed by atoms with Gasteiger partial charge in [0.15, 0.2) is 0 Å². The van der Waals surface area contributed by atoms with Crippen LogP contribution in [0, 0.1) is 18.3 Å². The number of rotatable bonds is 2. The third-order valence-corrected chi connectivity index (χ3v) is 2.90. The fourth-order valence-corrected chi connectivity index (χ4v) is 1.98.